The van der Waals surface area contributed by atoms with Gasteiger partial charge in [-0.25, -0.2) is 14.6 Å². The minimum Gasteiger partial charge on any atom is -0.494 e. The van der Waals surface area contributed by atoms with Crippen LogP contribution in [-0.2, 0) is 23.9 Å². The average Bonchev–Trinajstić information content (AvgIpc) is 3.63. The van der Waals surface area contributed by atoms with Gasteiger partial charge in [-0.3, -0.25) is 9.59 Å². The largest absolute Gasteiger partial charge is 0.494 e. The Balaban J connectivity index is 1.51. The number of hydrogen-bond acceptors (Lipinski definition) is 9. The summed E-state index contributed by atoms with van der Waals surface area (Å²) in [6.07, 6.45) is 8.03. The Kier molecular flexibility index (Phi) is 11.0. The van der Waals surface area contributed by atoms with Gasteiger partial charge in [-0.2, -0.15) is 0 Å². The van der Waals surface area contributed by atoms with Crippen LogP contribution in [0.25, 0.3) is 10.8 Å². The summed E-state index contributed by atoms with van der Waals surface area (Å²) in [5, 5.41) is 7.58. The number of carbonyl (C=O) groups is 4. The number of rotatable bonds is 6. The summed E-state index contributed by atoms with van der Waals surface area (Å²) in [7, 11) is 1.55. The van der Waals surface area contributed by atoms with Crippen molar-refractivity contribution >= 4 is 46.3 Å². The standard InChI is InChI=1S/C36H47ClN4O8/c1-7-47-33(44)36-18-22(36)13-11-9-8-10-12-14-26(39-34(45)49-35(3,4)5)32(43)41-20-28(21(2)29(41)30(42)40-36)48-31-25-17-23(37)15-16-24(25)27(46-6)19-38-31/h11,13,15-17,19,21-22,26,28-29H,7-10,12,14,18,20H2,1-6H3,(H,39,45)(H,40,42)/t21-,22-,26+,28+,29+,36-/m1/s1. The van der Waals surface area contributed by atoms with Crippen LogP contribution >= 0.6 is 11.6 Å². The Hall–Kier alpha value is -4.06. The lowest BCUT2D eigenvalue weighted by Crippen LogP contribution is -2.57. The molecular formula is C36H47ClN4O8. The number of nitrogens with zero attached hydrogens (tertiary/aromatic N) is 2. The Labute approximate surface area is 292 Å². The number of aromatic nitrogens is 1. The van der Waals surface area contributed by atoms with Crippen molar-refractivity contribution in [2.24, 2.45) is 11.8 Å². The quantitative estimate of drug-likeness (QED) is 0.302. The predicted molar refractivity (Wildman–Crippen MR) is 183 cm³/mol. The molecule has 3 amide bonds. The zero-order chi connectivity index (χ0) is 35.5. The van der Waals surface area contributed by atoms with Crippen LogP contribution in [0, 0.1) is 11.8 Å². The molecule has 1 saturated carbocycles. The second-order valence-corrected chi connectivity index (χ2v) is 14.5. The maximum atomic E-state index is 14.5. The van der Waals surface area contributed by atoms with E-state index in [1.165, 1.54) is 4.90 Å². The SMILES string of the molecule is CCOC(=O)[C@@]12C[C@H]1C=CCCCCC[C@H](NC(=O)OC(C)(C)C)C(=O)N1C[C@H](Oc3ncc(OC)c4ccc(Cl)cc34)[C@@H](C)[C@H]1C(=O)N2. The maximum Gasteiger partial charge on any atom is 0.408 e. The first-order chi connectivity index (χ1) is 23.3. The van der Waals surface area contributed by atoms with Crippen molar-refractivity contribution in [2.75, 3.05) is 20.3 Å². The third kappa shape index (κ3) is 8.06. The summed E-state index contributed by atoms with van der Waals surface area (Å²) < 4.78 is 22.9. The molecule has 0 radical (unpaired) electrons. The molecule has 3 heterocycles. The predicted octanol–water partition coefficient (Wildman–Crippen LogP) is 5.34. The molecule has 3 aliphatic rings. The van der Waals surface area contributed by atoms with Crippen LogP contribution in [0.4, 0.5) is 4.79 Å². The Morgan fingerprint density at radius 1 is 1.16 bits per heavy atom. The summed E-state index contributed by atoms with van der Waals surface area (Å²) in [6, 6.07) is 3.29. The van der Waals surface area contributed by atoms with Crippen molar-refractivity contribution in [3.63, 3.8) is 0 Å². The molecule has 6 atom stereocenters. The molecule has 0 unspecified atom stereocenters. The van der Waals surface area contributed by atoms with Crippen molar-refractivity contribution in [1.29, 1.82) is 0 Å². The molecule has 1 saturated heterocycles. The molecule has 0 bridgehead atoms. The summed E-state index contributed by atoms with van der Waals surface area (Å²) in [6.45, 7) is 8.98. The smallest absolute Gasteiger partial charge is 0.408 e. The summed E-state index contributed by atoms with van der Waals surface area (Å²) >= 11 is 6.36. The van der Waals surface area contributed by atoms with Crippen molar-refractivity contribution in [3.05, 3.63) is 41.6 Å². The van der Waals surface area contributed by atoms with Crippen LogP contribution in [0.1, 0.15) is 73.1 Å². The zero-order valence-electron chi connectivity index (χ0n) is 29.0. The van der Waals surface area contributed by atoms with E-state index in [0.29, 0.717) is 35.4 Å². The van der Waals surface area contributed by atoms with E-state index < -0.39 is 59.1 Å². The lowest BCUT2D eigenvalue weighted by molar-refractivity contribution is -0.150. The fourth-order valence-electron chi connectivity index (χ4n) is 6.74. The summed E-state index contributed by atoms with van der Waals surface area (Å²) in [4.78, 5) is 61.0. The highest BCUT2D eigenvalue weighted by Crippen LogP contribution is 2.46. The number of esters is 1. The molecule has 1 aliphatic carbocycles. The molecule has 12 nitrogen and oxygen atoms in total. The number of hydrogen-bond donors (Lipinski definition) is 2. The van der Waals surface area contributed by atoms with Gasteiger partial charge < -0.3 is 34.5 Å². The van der Waals surface area contributed by atoms with Gasteiger partial charge in [0.1, 0.15) is 35.1 Å². The first kappa shape index (κ1) is 36.2. The van der Waals surface area contributed by atoms with Crippen LogP contribution in [-0.4, -0.2) is 83.3 Å². The molecule has 13 heteroatoms. The molecule has 5 rings (SSSR count). The van der Waals surface area contributed by atoms with E-state index in [9.17, 15) is 19.2 Å². The monoisotopic (exact) mass is 698 g/mol. The van der Waals surface area contributed by atoms with Gasteiger partial charge in [0, 0.05) is 27.6 Å². The third-order valence-corrected chi connectivity index (χ3v) is 9.56. The minimum absolute atomic E-state index is 0.0239. The zero-order valence-corrected chi connectivity index (χ0v) is 29.8. The first-order valence-electron chi connectivity index (χ1n) is 17.0. The maximum absolute atomic E-state index is 14.5. The van der Waals surface area contributed by atoms with E-state index in [1.54, 1.807) is 53.1 Å². The molecule has 2 N–H and O–H groups in total. The number of methoxy groups -OCH3 is 1. The van der Waals surface area contributed by atoms with E-state index in [0.717, 1.165) is 24.6 Å². The molecule has 49 heavy (non-hydrogen) atoms. The Morgan fingerprint density at radius 3 is 2.65 bits per heavy atom. The topological polar surface area (TPSA) is 145 Å². The molecule has 2 aliphatic heterocycles. The number of nitrogens with one attached hydrogen (secondary N) is 2. The van der Waals surface area contributed by atoms with Gasteiger partial charge in [0.2, 0.25) is 17.7 Å². The number of allylic oxidation sites excluding steroid dienone is 1. The Morgan fingerprint density at radius 2 is 1.94 bits per heavy atom. The van der Waals surface area contributed by atoms with Crippen LogP contribution in [0.5, 0.6) is 11.6 Å². The van der Waals surface area contributed by atoms with Gasteiger partial charge in [-0.05, 0) is 71.6 Å². The van der Waals surface area contributed by atoms with Gasteiger partial charge in [-0.1, -0.05) is 43.5 Å². The highest BCUT2D eigenvalue weighted by Gasteiger charge is 2.62. The minimum atomic E-state index is -1.23. The fraction of sp³-hybridized carbons (Fsp3) is 0.583. The summed E-state index contributed by atoms with van der Waals surface area (Å²) in [5.74, 6) is -1.42. The second kappa shape index (κ2) is 14.8. The van der Waals surface area contributed by atoms with Gasteiger partial charge in [0.15, 0.2) is 0 Å². The number of alkyl carbamates (subject to hydrolysis) is 1. The van der Waals surface area contributed by atoms with Crippen LogP contribution in [0.3, 0.4) is 0 Å². The average molecular weight is 699 g/mol. The summed E-state index contributed by atoms with van der Waals surface area (Å²) in [5.41, 5.74) is -2.00. The van der Waals surface area contributed by atoms with Crippen molar-refractivity contribution in [1.82, 2.24) is 20.5 Å². The lowest BCUT2D eigenvalue weighted by atomic mass is 9.98. The van der Waals surface area contributed by atoms with Crippen LogP contribution in [0.2, 0.25) is 5.02 Å². The Bertz CT molecular complexity index is 1610. The number of pyridine rings is 1. The van der Waals surface area contributed by atoms with E-state index in [-0.39, 0.29) is 24.9 Å². The molecule has 1 aromatic carbocycles. The van der Waals surface area contributed by atoms with Crippen molar-refractivity contribution in [2.45, 2.75) is 102 Å². The van der Waals surface area contributed by atoms with Crippen molar-refractivity contribution < 1.29 is 38.1 Å². The van der Waals surface area contributed by atoms with Gasteiger partial charge in [-0.15, -0.1) is 0 Å². The first-order valence-corrected chi connectivity index (χ1v) is 17.4. The van der Waals surface area contributed by atoms with E-state index in [1.807, 2.05) is 25.1 Å². The highest BCUT2D eigenvalue weighted by molar-refractivity contribution is 6.31. The molecule has 0 spiro atoms. The van der Waals surface area contributed by atoms with Gasteiger partial charge in [0.05, 0.1) is 26.5 Å². The van der Waals surface area contributed by atoms with Crippen LogP contribution in [0.15, 0.2) is 36.5 Å². The number of fused-ring (bicyclic) bond motifs is 3. The number of benzene rings is 1. The molecule has 2 aromatic rings. The third-order valence-electron chi connectivity index (χ3n) is 9.33. The van der Waals surface area contributed by atoms with E-state index >= 15 is 0 Å². The fourth-order valence-corrected chi connectivity index (χ4v) is 6.91. The van der Waals surface area contributed by atoms with Gasteiger partial charge in [0.25, 0.3) is 0 Å². The second-order valence-electron chi connectivity index (χ2n) is 14.0. The number of amides is 3. The normalized spacial score (nSPS) is 27.6. The van der Waals surface area contributed by atoms with Gasteiger partial charge >= 0.3 is 12.1 Å². The van der Waals surface area contributed by atoms with E-state index in [2.05, 4.69) is 15.6 Å². The van der Waals surface area contributed by atoms with Crippen LogP contribution < -0.4 is 20.1 Å². The number of ether oxygens (including phenoxy) is 4. The number of carbonyl (C=O) groups excluding carboxylic acids is 4. The molecule has 1 aromatic heterocycles. The van der Waals surface area contributed by atoms with Crippen molar-refractivity contribution in [3.8, 4) is 11.6 Å². The number of halogens is 1. The lowest BCUT2D eigenvalue weighted by Gasteiger charge is -2.31. The molecular weight excluding hydrogens is 652 g/mol. The molecule has 266 valence electrons. The highest BCUT2D eigenvalue weighted by atomic mass is 35.5. The molecule has 2 fully saturated rings. The van der Waals surface area contributed by atoms with E-state index in [4.69, 9.17) is 30.5 Å².